The van der Waals surface area contributed by atoms with E-state index in [1.807, 2.05) is 0 Å². The van der Waals surface area contributed by atoms with Gasteiger partial charge in [0.15, 0.2) is 0 Å². The van der Waals surface area contributed by atoms with Crippen LogP contribution < -0.4 is 0 Å². The highest BCUT2D eigenvalue weighted by Gasteiger charge is 2.13. The number of carbonyl (C=O) groups is 1. The highest BCUT2D eigenvalue weighted by Crippen LogP contribution is 2.17. The molecule has 0 atom stereocenters. The van der Waals surface area contributed by atoms with E-state index >= 15 is 0 Å². The largest absolute Gasteiger partial charge is 0.460 e. The Balaban J connectivity index is 2.32. The lowest BCUT2D eigenvalue weighted by molar-refractivity contribution is 0.0213. The maximum atomic E-state index is 11.6. The fraction of sp³-hybridized carbons (Fsp3) is 0.455. The minimum atomic E-state index is -0.556. The van der Waals surface area contributed by atoms with Crippen molar-refractivity contribution in [2.75, 3.05) is 33.5 Å². The van der Waals surface area contributed by atoms with Gasteiger partial charge in [0.25, 0.3) is 0 Å². The van der Waals surface area contributed by atoms with E-state index in [1.54, 1.807) is 7.11 Å². The molecule has 100 valence electrons. The number of methoxy groups -OCH3 is 1. The van der Waals surface area contributed by atoms with E-state index in [-0.39, 0.29) is 22.5 Å². The third-order valence-corrected chi connectivity index (χ3v) is 2.43. The quantitative estimate of drug-likeness (QED) is 0.438. The minimum absolute atomic E-state index is 0.0211. The fourth-order valence-corrected chi connectivity index (χ4v) is 1.50. The molecule has 1 rings (SSSR count). The number of hydrogen-bond acceptors (Lipinski definition) is 5. The summed E-state index contributed by atoms with van der Waals surface area (Å²) in [4.78, 5) is 15.3. The molecule has 0 bridgehead atoms. The van der Waals surface area contributed by atoms with Crippen LogP contribution in [0.4, 0.5) is 0 Å². The second-order valence-corrected chi connectivity index (χ2v) is 3.96. The van der Waals surface area contributed by atoms with Crippen molar-refractivity contribution in [1.29, 1.82) is 0 Å². The van der Waals surface area contributed by atoms with Gasteiger partial charge in [-0.25, -0.2) is 9.78 Å². The van der Waals surface area contributed by atoms with Crippen molar-refractivity contribution in [1.82, 2.24) is 4.98 Å². The summed E-state index contributed by atoms with van der Waals surface area (Å²) in [5, 5.41) is 0.243. The van der Waals surface area contributed by atoms with Crippen LogP contribution in [-0.2, 0) is 14.2 Å². The Hall–Kier alpha value is -0.880. The predicted molar refractivity (Wildman–Crippen MR) is 67.2 cm³/mol. The Morgan fingerprint density at radius 2 is 1.94 bits per heavy atom. The molecule has 7 heteroatoms. The molecule has 0 radical (unpaired) electrons. The van der Waals surface area contributed by atoms with Gasteiger partial charge < -0.3 is 14.2 Å². The first-order valence-corrected chi connectivity index (χ1v) is 5.96. The van der Waals surface area contributed by atoms with Gasteiger partial charge in [-0.3, -0.25) is 0 Å². The monoisotopic (exact) mass is 293 g/mol. The van der Waals surface area contributed by atoms with Crippen LogP contribution in [-0.4, -0.2) is 44.5 Å². The van der Waals surface area contributed by atoms with Gasteiger partial charge in [-0.15, -0.1) is 0 Å². The van der Waals surface area contributed by atoms with Crippen molar-refractivity contribution in [3.05, 3.63) is 28.0 Å². The van der Waals surface area contributed by atoms with Crippen molar-refractivity contribution in [2.45, 2.75) is 0 Å². The number of esters is 1. The second-order valence-electron chi connectivity index (χ2n) is 3.21. The van der Waals surface area contributed by atoms with E-state index in [1.165, 1.54) is 12.1 Å². The van der Waals surface area contributed by atoms with Crippen molar-refractivity contribution in [3.63, 3.8) is 0 Å². The highest BCUT2D eigenvalue weighted by atomic mass is 35.5. The molecule has 0 fully saturated rings. The van der Waals surface area contributed by atoms with Crippen LogP contribution in [0.2, 0.25) is 10.3 Å². The molecule has 0 saturated carbocycles. The zero-order valence-corrected chi connectivity index (χ0v) is 11.3. The summed E-state index contributed by atoms with van der Waals surface area (Å²) in [6, 6.07) is 2.94. The zero-order valence-electron chi connectivity index (χ0n) is 9.82. The number of nitrogens with zero attached hydrogens (tertiary/aromatic N) is 1. The predicted octanol–water partition coefficient (Wildman–Crippen LogP) is 2.21. The molecule has 0 N–H and O–H groups in total. The van der Waals surface area contributed by atoms with Crippen molar-refractivity contribution < 1.29 is 19.0 Å². The first-order chi connectivity index (χ1) is 8.65. The first kappa shape index (κ1) is 15.2. The number of halogens is 2. The average molecular weight is 294 g/mol. The SMILES string of the molecule is COCCOCCOC(=O)c1ccc(Cl)nc1Cl. The molecule has 5 nitrogen and oxygen atoms in total. The molecular weight excluding hydrogens is 281 g/mol. The lowest BCUT2D eigenvalue weighted by atomic mass is 10.3. The molecule has 0 saturated heterocycles. The summed E-state index contributed by atoms with van der Waals surface area (Å²) < 4.78 is 14.9. The maximum Gasteiger partial charge on any atom is 0.341 e. The van der Waals surface area contributed by atoms with Crippen molar-refractivity contribution in [3.8, 4) is 0 Å². The summed E-state index contributed by atoms with van der Waals surface area (Å²) in [6.45, 7) is 1.40. The van der Waals surface area contributed by atoms with Gasteiger partial charge in [-0.1, -0.05) is 23.2 Å². The standard InChI is InChI=1S/C11H13Cl2NO4/c1-16-4-5-17-6-7-18-11(15)8-2-3-9(12)14-10(8)13/h2-3H,4-7H2,1H3. The molecule has 0 unspecified atom stereocenters. The smallest absolute Gasteiger partial charge is 0.341 e. The van der Waals surface area contributed by atoms with Crippen molar-refractivity contribution in [2.24, 2.45) is 0 Å². The van der Waals surface area contributed by atoms with Crippen LogP contribution in [0, 0.1) is 0 Å². The molecule has 18 heavy (non-hydrogen) atoms. The third kappa shape index (κ3) is 5.18. The highest BCUT2D eigenvalue weighted by molar-refractivity contribution is 6.34. The van der Waals surface area contributed by atoms with Crippen LogP contribution in [0.5, 0.6) is 0 Å². The minimum Gasteiger partial charge on any atom is -0.460 e. The van der Waals surface area contributed by atoms with Crippen LogP contribution in [0.3, 0.4) is 0 Å². The van der Waals surface area contributed by atoms with E-state index in [9.17, 15) is 4.79 Å². The molecule has 0 aliphatic rings. The van der Waals surface area contributed by atoms with E-state index in [0.29, 0.717) is 19.8 Å². The molecule has 0 aliphatic heterocycles. The molecular formula is C11H13Cl2NO4. The van der Waals surface area contributed by atoms with E-state index in [4.69, 9.17) is 37.4 Å². The summed E-state index contributed by atoms with van der Waals surface area (Å²) in [6.07, 6.45) is 0. The summed E-state index contributed by atoms with van der Waals surface area (Å²) >= 11 is 11.4. The van der Waals surface area contributed by atoms with Crippen LogP contribution in [0.1, 0.15) is 10.4 Å². The van der Waals surface area contributed by atoms with Gasteiger partial charge in [-0.05, 0) is 12.1 Å². The lowest BCUT2D eigenvalue weighted by Gasteiger charge is -2.06. The van der Waals surface area contributed by atoms with Crippen LogP contribution in [0.25, 0.3) is 0 Å². The van der Waals surface area contributed by atoms with Gasteiger partial charge >= 0.3 is 5.97 Å². The summed E-state index contributed by atoms with van der Waals surface area (Å²) in [5.74, 6) is -0.556. The normalized spacial score (nSPS) is 10.4. The molecule has 0 amide bonds. The Bertz CT molecular complexity index is 401. The Morgan fingerprint density at radius 3 is 2.61 bits per heavy atom. The van der Waals surface area contributed by atoms with Gasteiger partial charge in [0.1, 0.15) is 16.9 Å². The number of aromatic nitrogens is 1. The number of ether oxygens (including phenoxy) is 3. The fourth-order valence-electron chi connectivity index (χ4n) is 1.08. The zero-order chi connectivity index (χ0) is 13.4. The third-order valence-electron chi connectivity index (χ3n) is 1.93. The molecule has 0 spiro atoms. The number of carbonyl (C=O) groups excluding carboxylic acids is 1. The van der Waals surface area contributed by atoms with E-state index < -0.39 is 5.97 Å². The Labute approximate surface area is 115 Å². The summed E-state index contributed by atoms with van der Waals surface area (Å²) in [7, 11) is 1.58. The van der Waals surface area contributed by atoms with E-state index in [0.717, 1.165) is 0 Å². The van der Waals surface area contributed by atoms with Gasteiger partial charge in [-0.2, -0.15) is 0 Å². The topological polar surface area (TPSA) is 57.7 Å². The average Bonchev–Trinajstić information content (AvgIpc) is 2.33. The number of pyridine rings is 1. The molecule has 1 heterocycles. The van der Waals surface area contributed by atoms with Gasteiger partial charge in [0.05, 0.1) is 25.4 Å². The molecule has 1 aromatic rings. The Kier molecular flexibility index (Phi) is 6.97. The van der Waals surface area contributed by atoms with Gasteiger partial charge in [0.2, 0.25) is 0 Å². The van der Waals surface area contributed by atoms with Crippen molar-refractivity contribution >= 4 is 29.2 Å². The first-order valence-electron chi connectivity index (χ1n) is 5.21. The maximum absolute atomic E-state index is 11.6. The van der Waals surface area contributed by atoms with E-state index in [2.05, 4.69) is 4.98 Å². The lowest BCUT2D eigenvalue weighted by Crippen LogP contribution is -2.13. The van der Waals surface area contributed by atoms with Crippen LogP contribution in [0.15, 0.2) is 12.1 Å². The van der Waals surface area contributed by atoms with Crippen LogP contribution >= 0.6 is 23.2 Å². The number of hydrogen-bond donors (Lipinski definition) is 0. The Morgan fingerprint density at radius 1 is 1.22 bits per heavy atom. The second kappa shape index (κ2) is 8.26. The molecule has 0 aliphatic carbocycles. The molecule has 0 aromatic carbocycles. The summed E-state index contributed by atoms with van der Waals surface area (Å²) in [5.41, 5.74) is 0.179. The number of rotatable bonds is 7. The molecule has 1 aromatic heterocycles. The van der Waals surface area contributed by atoms with Gasteiger partial charge in [0, 0.05) is 7.11 Å².